The number of benzene rings is 1. The molecule has 1 atom stereocenters. The number of alkyl halides is 2. The molecular formula is C19H18F3N3O3. The van der Waals surface area contributed by atoms with E-state index in [-0.39, 0.29) is 28.1 Å². The Morgan fingerprint density at radius 3 is 2.61 bits per heavy atom. The van der Waals surface area contributed by atoms with Gasteiger partial charge in [0, 0.05) is 17.3 Å². The van der Waals surface area contributed by atoms with E-state index < -0.39 is 24.1 Å². The topological polar surface area (TPSA) is 77.2 Å². The molecule has 0 fully saturated rings. The van der Waals surface area contributed by atoms with E-state index in [2.05, 4.69) is 14.8 Å². The number of halogens is 3. The number of hydrogen-bond donors (Lipinski definition) is 1. The van der Waals surface area contributed by atoms with Crippen LogP contribution in [0, 0.1) is 5.82 Å². The number of pyridine rings is 1. The van der Waals surface area contributed by atoms with Gasteiger partial charge in [0.15, 0.2) is 6.29 Å². The zero-order valence-electron chi connectivity index (χ0n) is 15.4. The normalized spacial score (nSPS) is 13.1. The lowest BCUT2D eigenvalue weighted by Crippen LogP contribution is -2.31. The monoisotopic (exact) mass is 393 g/mol. The molecule has 0 spiro atoms. The molecule has 0 bridgehead atoms. The van der Waals surface area contributed by atoms with E-state index >= 15 is 0 Å². The number of hydrogen-bond acceptors (Lipinski definition) is 5. The van der Waals surface area contributed by atoms with Crippen molar-refractivity contribution in [1.29, 1.82) is 0 Å². The highest BCUT2D eigenvalue weighted by atomic mass is 19.3. The number of fused-ring (bicyclic) bond motifs is 1. The van der Waals surface area contributed by atoms with Crippen LogP contribution < -0.4 is 4.74 Å². The van der Waals surface area contributed by atoms with Crippen LogP contribution in [-0.2, 0) is 0 Å². The third kappa shape index (κ3) is 3.70. The Balaban J connectivity index is 2.26. The van der Waals surface area contributed by atoms with Crippen molar-refractivity contribution in [2.45, 2.75) is 39.0 Å². The quantitative estimate of drug-likeness (QED) is 0.641. The van der Waals surface area contributed by atoms with E-state index in [0.717, 1.165) is 18.2 Å². The smallest absolute Gasteiger partial charge is 0.387 e. The molecule has 0 saturated carbocycles. The Morgan fingerprint density at radius 2 is 2.00 bits per heavy atom. The van der Waals surface area contributed by atoms with E-state index in [1.165, 1.54) is 16.9 Å². The third-order valence-corrected chi connectivity index (χ3v) is 4.51. The van der Waals surface area contributed by atoms with Crippen LogP contribution >= 0.6 is 0 Å². The van der Waals surface area contributed by atoms with Gasteiger partial charge in [-0.3, -0.25) is 14.5 Å². The molecule has 0 aliphatic carbocycles. The predicted octanol–water partition coefficient (Wildman–Crippen LogP) is 3.98. The Kier molecular flexibility index (Phi) is 5.12. The molecule has 0 saturated heterocycles. The fourth-order valence-corrected chi connectivity index (χ4v) is 2.74. The average Bonchev–Trinajstić information content (AvgIpc) is 2.99. The minimum absolute atomic E-state index is 0.0840. The van der Waals surface area contributed by atoms with Crippen LogP contribution in [0.3, 0.4) is 0 Å². The van der Waals surface area contributed by atoms with Gasteiger partial charge in [0.2, 0.25) is 0 Å². The molecule has 2 aromatic heterocycles. The molecule has 148 valence electrons. The van der Waals surface area contributed by atoms with Gasteiger partial charge in [0.1, 0.15) is 22.8 Å². The molecule has 28 heavy (non-hydrogen) atoms. The van der Waals surface area contributed by atoms with Crippen LogP contribution in [0.1, 0.15) is 37.2 Å². The Hall–Kier alpha value is -2.94. The summed E-state index contributed by atoms with van der Waals surface area (Å²) in [6.45, 7) is 1.81. The Bertz CT molecular complexity index is 1030. The SMILES string of the molecule is C[C@H](n1nc(-c2cc(OC(F)F)ccc2F)c2ncc(C=O)cc21)C(C)(C)O. The first-order valence-corrected chi connectivity index (χ1v) is 8.42. The van der Waals surface area contributed by atoms with Gasteiger partial charge in [-0.15, -0.1) is 0 Å². The average molecular weight is 393 g/mol. The lowest BCUT2D eigenvalue weighted by Gasteiger charge is -2.26. The first-order chi connectivity index (χ1) is 13.1. The number of aliphatic hydroxyl groups is 1. The number of carbonyl (C=O) groups excluding carboxylic acids is 1. The number of nitrogens with zero attached hydrogens (tertiary/aromatic N) is 3. The summed E-state index contributed by atoms with van der Waals surface area (Å²) in [7, 11) is 0. The van der Waals surface area contributed by atoms with Gasteiger partial charge in [0.05, 0.1) is 17.2 Å². The fourth-order valence-electron chi connectivity index (χ4n) is 2.74. The van der Waals surface area contributed by atoms with Crippen LogP contribution in [0.2, 0.25) is 0 Å². The van der Waals surface area contributed by atoms with Gasteiger partial charge in [0.25, 0.3) is 0 Å². The van der Waals surface area contributed by atoms with Crippen molar-refractivity contribution in [3.05, 3.63) is 41.8 Å². The molecule has 1 N–H and O–H groups in total. The molecule has 0 unspecified atom stereocenters. The summed E-state index contributed by atoms with van der Waals surface area (Å²) < 4.78 is 45.3. The molecule has 0 amide bonds. The zero-order chi connectivity index (χ0) is 20.6. The van der Waals surface area contributed by atoms with E-state index in [1.54, 1.807) is 20.8 Å². The summed E-state index contributed by atoms with van der Waals surface area (Å²) in [6, 6.07) is 4.15. The lowest BCUT2D eigenvalue weighted by molar-refractivity contribution is -0.0498. The second-order valence-electron chi connectivity index (χ2n) is 6.90. The van der Waals surface area contributed by atoms with Gasteiger partial charge >= 0.3 is 6.61 Å². The van der Waals surface area contributed by atoms with Gasteiger partial charge in [-0.25, -0.2) is 4.39 Å². The molecule has 0 aliphatic rings. The predicted molar refractivity (Wildman–Crippen MR) is 96.0 cm³/mol. The van der Waals surface area contributed by atoms with E-state index in [9.17, 15) is 23.1 Å². The second-order valence-corrected chi connectivity index (χ2v) is 6.90. The van der Waals surface area contributed by atoms with Gasteiger partial charge in [-0.05, 0) is 45.0 Å². The molecule has 6 nitrogen and oxygen atoms in total. The number of aldehydes is 1. The van der Waals surface area contributed by atoms with Crippen molar-refractivity contribution in [1.82, 2.24) is 14.8 Å². The van der Waals surface area contributed by atoms with E-state index in [1.807, 2.05) is 0 Å². The lowest BCUT2D eigenvalue weighted by atomic mass is 10.0. The van der Waals surface area contributed by atoms with Crippen molar-refractivity contribution in [3.63, 3.8) is 0 Å². The highest BCUT2D eigenvalue weighted by Crippen LogP contribution is 2.34. The summed E-state index contributed by atoms with van der Waals surface area (Å²) in [5.74, 6) is -0.931. The minimum Gasteiger partial charge on any atom is -0.435 e. The van der Waals surface area contributed by atoms with Crippen molar-refractivity contribution in [2.75, 3.05) is 0 Å². The summed E-state index contributed by atoms with van der Waals surface area (Å²) in [4.78, 5) is 15.3. The fraction of sp³-hybridized carbons (Fsp3) is 0.316. The third-order valence-electron chi connectivity index (χ3n) is 4.51. The van der Waals surface area contributed by atoms with Crippen LogP contribution in [-0.4, -0.2) is 38.4 Å². The molecule has 0 radical (unpaired) electrons. The van der Waals surface area contributed by atoms with E-state index in [4.69, 9.17) is 0 Å². The maximum Gasteiger partial charge on any atom is 0.387 e. The molecule has 0 aliphatic heterocycles. The number of aromatic nitrogens is 3. The van der Waals surface area contributed by atoms with Crippen LogP contribution in [0.5, 0.6) is 5.75 Å². The van der Waals surface area contributed by atoms with Crippen molar-refractivity contribution in [2.24, 2.45) is 0 Å². The molecule has 1 aromatic carbocycles. The number of ether oxygens (including phenoxy) is 1. The standard InChI is InChI=1S/C19H18F3N3O3/c1-10(19(2,3)27)25-15-6-11(9-26)8-23-17(15)16(24-25)13-7-12(28-18(21)22)4-5-14(13)20/h4-10,18,27H,1-3H3/t10-/m0/s1. The molecule has 9 heteroatoms. The molecule has 3 rings (SSSR count). The molecular weight excluding hydrogens is 375 g/mol. The Morgan fingerprint density at radius 1 is 1.29 bits per heavy atom. The summed E-state index contributed by atoms with van der Waals surface area (Å²) in [5.41, 5.74) is -0.258. The Labute approximate surface area is 158 Å². The van der Waals surface area contributed by atoms with Gasteiger partial charge < -0.3 is 9.84 Å². The van der Waals surface area contributed by atoms with Crippen molar-refractivity contribution >= 4 is 17.3 Å². The van der Waals surface area contributed by atoms with Crippen LogP contribution in [0.25, 0.3) is 22.3 Å². The van der Waals surface area contributed by atoms with E-state index in [0.29, 0.717) is 11.8 Å². The maximum atomic E-state index is 14.5. The zero-order valence-corrected chi connectivity index (χ0v) is 15.4. The number of rotatable bonds is 6. The summed E-state index contributed by atoms with van der Waals surface area (Å²) in [6.07, 6.45) is 1.91. The minimum atomic E-state index is -3.06. The first kappa shape index (κ1) is 19.8. The summed E-state index contributed by atoms with van der Waals surface area (Å²) in [5, 5.41) is 14.8. The van der Waals surface area contributed by atoms with Crippen molar-refractivity contribution in [3.8, 4) is 17.0 Å². The largest absolute Gasteiger partial charge is 0.435 e. The van der Waals surface area contributed by atoms with Gasteiger partial charge in [-0.1, -0.05) is 0 Å². The summed E-state index contributed by atoms with van der Waals surface area (Å²) >= 11 is 0. The second kappa shape index (κ2) is 7.23. The van der Waals surface area contributed by atoms with Crippen LogP contribution in [0.4, 0.5) is 13.2 Å². The van der Waals surface area contributed by atoms with Gasteiger partial charge in [-0.2, -0.15) is 13.9 Å². The number of carbonyl (C=O) groups is 1. The maximum absolute atomic E-state index is 14.5. The first-order valence-electron chi connectivity index (χ1n) is 8.42. The molecule has 3 aromatic rings. The van der Waals surface area contributed by atoms with Crippen molar-refractivity contribution < 1.29 is 27.8 Å². The van der Waals surface area contributed by atoms with Crippen LogP contribution in [0.15, 0.2) is 30.5 Å². The highest BCUT2D eigenvalue weighted by Gasteiger charge is 2.28. The molecule has 2 heterocycles. The highest BCUT2D eigenvalue weighted by molar-refractivity contribution is 5.93.